The Labute approximate surface area is 217 Å². The Bertz CT molecular complexity index is 1420. The minimum Gasteiger partial charge on any atom is -0.475 e. The van der Waals surface area contributed by atoms with Gasteiger partial charge in [0.1, 0.15) is 11.6 Å². The van der Waals surface area contributed by atoms with E-state index in [0.717, 1.165) is 17.1 Å². The fraction of sp³-hybridized carbons (Fsp3) is 0.391. The van der Waals surface area contributed by atoms with Crippen molar-refractivity contribution in [2.24, 2.45) is 7.05 Å². The van der Waals surface area contributed by atoms with E-state index >= 15 is 0 Å². The van der Waals surface area contributed by atoms with Gasteiger partial charge in [0.05, 0.1) is 21.9 Å². The van der Waals surface area contributed by atoms with Crippen LogP contribution in [0.25, 0.3) is 0 Å². The van der Waals surface area contributed by atoms with Crippen LogP contribution >= 0.6 is 0 Å². The molecule has 0 spiro atoms. The number of halogens is 3. The van der Waals surface area contributed by atoms with E-state index in [1.54, 1.807) is 42.1 Å². The summed E-state index contributed by atoms with van der Waals surface area (Å²) in [7, 11) is -1.89. The normalized spacial score (nSPS) is 11.9. The highest BCUT2D eigenvalue weighted by molar-refractivity contribution is 7.92. The molecule has 15 heteroatoms. The summed E-state index contributed by atoms with van der Waals surface area (Å²) in [5, 5.41) is 27.4. The van der Waals surface area contributed by atoms with Gasteiger partial charge in [-0.15, -0.1) is 0 Å². The van der Waals surface area contributed by atoms with Crippen LogP contribution in [0, 0.1) is 20.8 Å². The van der Waals surface area contributed by atoms with Crippen LogP contribution in [0.5, 0.6) is 0 Å². The number of anilines is 4. The number of alkyl halides is 3. The monoisotopic (exact) mass is 558 g/mol. The molecule has 0 amide bonds. The van der Waals surface area contributed by atoms with Crippen LogP contribution in [0.15, 0.2) is 35.4 Å². The minimum absolute atomic E-state index is 0.159. The third kappa shape index (κ3) is 6.98. The van der Waals surface area contributed by atoms with E-state index in [1.165, 1.54) is 13.8 Å². The molecular formula is C23H29F3N6O5S. The highest BCUT2D eigenvalue weighted by atomic mass is 32.2. The third-order valence-electron chi connectivity index (χ3n) is 5.51. The summed E-state index contributed by atoms with van der Waals surface area (Å²) in [6, 6.07) is 6.76. The van der Waals surface area contributed by atoms with Gasteiger partial charge in [-0.25, -0.2) is 18.2 Å². The Hall–Kier alpha value is -3.72. The van der Waals surface area contributed by atoms with Crippen molar-refractivity contribution in [3.8, 4) is 0 Å². The summed E-state index contributed by atoms with van der Waals surface area (Å²) >= 11 is 0. The van der Waals surface area contributed by atoms with Crippen LogP contribution < -0.4 is 10.6 Å². The van der Waals surface area contributed by atoms with Crippen LogP contribution in [0.4, 0.5) is 36.4 Å². The maximum Gasteiger partial charge on any atom is 0.490 e. The number of hydrogen-bond acceptors (Lipinski definition) is 9. The van der Waals surface area contributed by atoms with Gasteiger partial charge in [-0.3, -0.25) is 4.68 Å². The van der Waals surface area contributed by atoms with Gasteiger partial charge < -0.3 is 20.8 Å². The number of rotatable bonds is 7. The van der Waals surface area contributed by atoms with Gasteiger partial charge in [0.15, 0.2) is 9.84 Å². The number of aryl methyl sites for hydroxylation is 3. The highest BCUT2D eigenvalue weighted by Crippen LogP contribution is 2.30. The average Bonchev–Trinajstić information content (AvgIpc) is 3.06. The van der Waals surface area contributed by atoms with E-state index < -0.39 is 33.3 Å². The lowest BCUT2D eigenvalue weighted by Gasteiger charge is -2.23. The Balaban J connectivity index is 0.000000638. The van der Waals surface area contributed by atoms with Crippen LogP contribution in [0.3, 0.4) is 0 Å². The molecule has 2 aromatic heterocycles. The highest BCUT2D eigenvalue weighted by Gasteiger charge is 2.38. The summed E-state index contributed by atoms with van der Waals surface area (Å²) < 4.78 is 58.2. The van der Waals surface area contributed by atoms with Crippen molar-refractivity contribution < 1.29 is 36.6 Å². The summed E-state index contributed by atoms with van der Waals surface area (Å²) in [5.74, 6) is -1.04. The van der Waals surface area contributed by atoms with E-state index in [-0.39, 0.29) is 4.90 Å². The second kappa shape index (κ2) is 11.3. The molecule has 0 aliphatic rings. The number of nitrogens with zero attached hydrogens (tertiary/aromatic N) is 4. The lowest BCUT2D eigenvalue weighted by Crippen LogP contribution is -2.36. The van der Waals surface area contributed by atoms with Crippen molar-refractivity contribution in [1.29, 1.82) is 0 Å². The summed E-state index contributed by atoms with van der Waals surface area (Å²) in [6.07, 6.45) is -3.48. The molecule has 3 rings (SSSR count). The van der Waals surface area contributed by atoms with E-state index in [9.17, 15) is 26.7 Å². The first kappa shape index (κ1) is 30.5. The van der Waals surface area contributed by atoms with Crippen molar-refractivity contribution >= 4 is 39.1 Å². The fourth-order valence-corrected chi connectivity index (χ4v) is 4.57. The molecule has 208 valence electrons. The molecule has 0 saturated heterocycles. The molecule has 0 radical (unpaired) electrons. The second-order valence-corrected chi connectivity index (χ2v) is 11.5. The molecule has 0 saturated carbocycles. The fourth-order valence-electron chi connectivity index (χ4n) is 3.03. The van der Waals surface area contributed by atoms with Crippen LogP contribution in [0.1, 0.15) is 30.7 Å². The van der Waals surface area contributed by atoms with Gasteiger partial charge in [-0.05, 0) is 58.4 Å². The number of nitrogens with one attached hydrogen (secondary N) is 2. The van der Waals surface area contributed by atoms with Crippen molar-refractivity contribution in [2.45, 2.75) is 50.4 Å². The quantitative estimate of drug-likeness (QED) is 0.336. The first-order valence-electron chi connectivity index (χ1n) is 11.0. The number of carboxylic acids is 1. The van der Waals surface area contributed by atoms with E-state index in [1.807, 2.05) is 20.9 Å². The molecule has 0 unspecified atom stereocenters. The molecule has 11 nitrogen and oxygen atoms in total. The molecule has 4 N–H and O–H groups in total. The summed E-state index contributed by atoms with van der Waals surface area (Å²) in [6.45, 7) is 8.17. The molecule has 0 atom stereocenters. The minimum atomic E-state index is -5.08. The maximum absolute atomic E-state index is 13.0. The zero-order valence-corrected chi connectivity index (χ0v) is 22.4. The zero-order valence-electron chi connectivity index (χ0n) is 21.5. The van der Waals surface area contributed by atoms with E-state index in [2.05, 4.69) is 25.7 Å². The van der Waals surface area contributed by atoms with Gasteiger partial charge in [0, 0.05) is 24.5 Å². The number of sulfone groups is 1. The second-order valence-electron chi connectivity index (χ2n) is 8.90. The Morgan fingerprint density at radius 1 is 1.11 bits per heavy atom. The predicted molar refractivity (Wildman–Crippen MR) is 134 cm³/mol. The standard InChI is InChI=1S/C21H28N6O3S.C2HF3O2/c1-13-7-8-16(11-17(13)31(29,30)21(4,5)12-28)23-20-22-10-9-18(25-20)24-19-14(2)15(3)26-27(19)6;3-2(4,5)1(6)7/h7-11,28H,12H2,1-6H3,(H2,22,23,24,25);(H,6,7). The van der Waals surface area contributed by atoms with Crippen molar-refractivity contribution in [3.63, 3.8) is 0 Å². The zero-order chi connectivity index (χ0) is 29.1. The van der Waals surface area contributed by atoms with Gasteiger partial charge in [-0.1, -0.05) is 6.07 Å². The number of aromatic nitrogens is 4. The first-order chi connectivity index (χ1) is 17.4. The molecule has 38 heavy (non-hydrogen) atoms. The number of hydrogen-bond donors (Lipinski definition) is 4. The van der Waals surface area contributed by atoms with E-state index in [4.69, 9.17) is 9.90 Å². The third-order valence-corrected chi connectivity index (χ3v) is 8.11. The predicted octanol–water partition coefficient (Wildman–Crippen LogP) is 3.80. The largest absolute Gasteiger partial charge is 0.490 e. The first-order valence-corrected chi connectivity index (χ1v) is 12.5. The summed E-state index contributed by atoms with van der Waals surface area (Å²) in [5.41, 5.74) is 3.08. The number of benzene rings is 1. The van der Waals surface area contributed by atoms with Crippen molar-refractivity contribution in [1.82, 2.24) is 19.7 Å². The Kier molecular flexibility index (Phi) is 9.11. The molecule has 2 heterocycles. The number of aliphatic hydroxyl groups is 1. The lowest BCUT2D eigenvalue weighted by atomic mass is 10.2. The van der Waals surface area contributed by atoms with Crippen molar-refractivity contribution in [2.75, 3.05) is 17.2 Å². The van der Waals surface area contributed by atoms with Crippen LogP contribution in [-0.2, 0) is 21.7 Å². The number of aliphatic hydroxyl groups excluding tert-OH is 1. The summed E-state index contributed by atoms with van der Waals surface area (Å²) in [4.78, 5) is 17.8. The Morgan fingerprint density at radius 2 is 1.71 bits per heavy atom. The van der Waals surface area contributed by atoms with Gasteiger partial charge >= 0.3 is 12.1 Å². The van der Waals surface area contributed by atoms with Crippen LogP contribution in [0.2, 0.25) is 0 Å². The smallest absolute Gasteiger partial charge is 0.475 e. The van der Waals surface area contributed by atoms with Gasteiger partial charge in [0.2, 0.25) is 5.95 Å². The SMILES string of the molecule is Cc1ccc(Nc2nccc(Nc3c(C)c(C)nn3C)n2)cc1S(=O)(=O)C(C)(C)CO.O=C(O)C(F)(F)F. The Morgan fingerprint density at radius 3 is 2.21 bits per heavy atom. The number of aliphatic carboxylic acids is 1. The van der Waals surface area contributed by atoms with Crippen LogP contribution in [-0.4, -0.2) is 61.9 Å². The number of carboxylic acid groups (broad SMARTS) is 1. The van der Waals surface area contributed by atoms with E-state index in [0.29, 0.717) is 23.0 Å². The molecule has 0 fully saturated rings. The maximum atomic E-state index is 13.0. The number of carbonyl (C=O) groups is 1. The molecular weight excluding hydrogens is 529 g/mol. The van der Waals surface area contributed by atoms with Crippen molar-refractivity contribution in [3.05, 3.63) is 47.3 Å². The average molecular weight is 559 g/mol. The van der Waals surface area contributed by atoms with Gasteiger partial charge in [-0.2, -0.15) is 23.3 Å². The van der Waals surface area contributed by atoms with Gasteiger partial charge in [0.25, 0.3) is 0 Å². The molecule has 0 bridgehead atoms. The molecule has 0 aliphatic carbocycles. The topological polar surface area (TPSA) is 159 Å². The lowest BCUT2D eigenvalue weighted by molar-refractivity contribution is -0.192. The molecule has 0 aliphatic heterocycles. The molecule has 3 aromatic rings. The molecule has 1 aromatic carbocycles.